The van der Waals surface area contributed by atoms with Gasteiger partial charge in [0.2, 0.25) is 0 Å². The van der Waals surface area contributed by atoms with Crippen molar-refractivity contribution in [2.24, 2.45) is 0 Å². The molecule has 1 heterocycles. The van der Waals surface area contributed by atoms with E-state index in [1.54, 1.807) is 6.07 Å². The fourth-order valence-electron chi connectivity index (χ4n) is 3.22. The third-order valence-corrected chi connectivity index (χ3v) is 5.29. The van der Waals surface area contributed by atoms with Crippen LogP contribution in [-0.2, 0) is 12.8 Å². The highest BCUT2D eigenvalue weighted by Crippen LogP contribution is 2.30. The summed E-state index contributed by atoms with van der Waals surface area (Å²) in [5.41, 5.74) is 5.97. The van der Waals surface area contributed by atoms with Crippen molar-refractivity contribution >= 4 is 23.2 Å². The lowest BCUT2D eigenvalue weighted by Gasteiger charge is -2.06. The average molecular weight is 418 g/mol. The molecule has 0 fully saturated rings. The number of aromatic nitrogens is 2. The second-order valence-corrected chi connectivity index (χ2v) is 7.68. The van der Waals surface area contributed by atoms with Gasteiger partial charge in [-0.05, 0) is 47.0 Å². The molecule has 4 rings (SSSR count). The zero-order chi connectivity index (χ0) is 20.2. The number of benzene rings is 3. The Bertz CT molecular complexity index is 1170. The summed E-state index contributed by atoms with van der Waals surface area (Å²) in [6.07, 6.45) is 3.34. The zero-order valence-corrected chi connectivity index (χ0v) is 17.0. The topological polar surface area (TPSA) is 52.5 Å². The lowest BCUT2D eigenvalue weighted by atomic mass is 10.0. The van der Waals surface area contributed by atoms with Crippen LogP contribution in [0.15, 0.2) is 72.9 Å². The zero-order valence-electron chi connectivity index (χ0n) is 15.5. The van der Waals surface area contributed by atoms with Crippen molar-refractivity contribution in [2.45, 2.75) is 12.8 Å². The van der Waals surface area contributed by atoms with Crippen LogP contribution in [0.5, 0.6) is 0 Å². The Morgan fingerprint density at radius 3 is 2.28 bits per heavy atom. The largest absolute Gasteiger partial charge is 0.345 e. The van der Waals surface area contributed by atoms with Gasteiger partial charge in [-0.1, -0.05) is 59.6 Å². The Labute approximate surface area is 179 Å². The summed E-state index contributed by atoms with van der Waals surface area (Å²) in [7, 11) is 0. The number of hydrogen-bond donors (Lipinski definition) is 1. The summed E-state index contributed by atoms with van der Waals surface area (Å²) in [6, 6.07) is 23.5. The second-order valence-electron chi connectivity index (χ2n) is 6.84. The maximum atomic E-state index is 8.89. The minimum Gasteiger partial charge on any atom is -0.345 e. The van der Waals surface area contributed by atoms with E-state index >= 15 is 0 Å². The third kappa shape index (κ3) is 4.68. The van der Waals surface area contributed by atoms with Crippen molar-refractivity contribution in [3.8, 4) is 17.2 Å². The third-order valence-electron chi connectivity index (χ3n) is 4.72. The molecule has 0 aliphatic carbocycles. The first-order valence-electron chi connectivity index (χ1n) is 9.17. The van der Waals surface area contributed by atoms with Crippen LogP contribution in [0.1, 0.15) is 28.2 Å². The molecule has 0 saturated carbocycles. The highest BCUT2D eigenvalue weighted by atomic mass is 35.5. The Morgan fingerprint density at radius 2 is 1.55 bits per heavy atom. The van der Waals surface area contributed by atoms with Crippen molar-refractivity contribution in [1.82, 2.24) is 9.97 Å². The maximum Gasteiger partial charge on any atom is 0.110 e. The van der Waals surface area contributed by atoms with Crippen molar-refractivity contribution in [1.29, 1.82) is 5.26 Å². The van der Waals surface area contributed by atoms with Gasteiger partial charge in [-0.25, -0.2) is 4.98 Å². The van der Waals surface area contributed by atoms with Crippen LogP contribution in [0, 0.1) is 11.3 Å². The molecule has 0 unspecified atom stereocenters. The molecule has 4 aromatic rings. The highest BCUT2D eigenvalue weighted by molar-refractivity contribution is 6.35. The number of aromatic amines is 1. The standard InChI is InChI=1S/C24H17Cl2N3/c25-20-9-10-23(26)22(13-20)19-7-5-17(6-8-19)12-24-28-15-21(29-24)11-16-1-3-18(14-27)4-2-16/h1-10,13,15H,11-12H2,(H,28,29). The molecular weight excluding hydrogens is 401 g/mol. The number of nitrogens with one attached hydrogen (secondary N) is 1. The molecule has 0 spiro atoms. The first-order chi connectivity index (χ1) is 14.1. The molecule has 5 heteroatoms. The molecule has 0 atom stereocenters. The molecule has 0 saturated heterocycles. The smallest absolute Gasteiger partial charge is 0.110 e. The molecule has 1 aromatic heterocycles. The molecule has 0 radical (unpaired) electrons. The number of nitrogens with zero attached hydrogens (tertiary/aromatic N) is 2. The van der Waals surface area contributed by atoms with Gasteiger partial charge in [-0.15, -0.1) is 0 Å². The van der Waals surface area contributed by atoms with Crippen LogP contribution in [0.25, 0.3) is 11.1 Å². The van der Waals surface area contributed by atoms with Crippen molar-refractivity contribution in [3.05, 3.63) is 111 Å². The minimum atomic E-state index is 0.666. The molecule has 0 aliphatic heterocycles. The van der Waals surface area contributed by atoms with E-state index in [4.69, 9.17) is 28.5 Å². The van der Waals surface area contributed by atoms with Gasteiger partial charge in [0.25, 0.3) is 0 Å². The summed E-state index contributed by atoms with van der Waals surface area (Å²) in [5.74, 6) is 0.919. The van der Waals surface area contributed by atoms with E-state index in [0.717, 1.165) is 46.6 Å². The summed E-state index contributed by atoms with van der Waals surface area (Å²) < 4.78 is 0. The predicted octanol–water partition coefficient (Wildman–Crippen LogP) is 6.44. The van der Waals surface area contributed by atoms with Crippen molar-refractivity contribution in [2.75, 3.05) is 0 Å². The van der Waals surface area contributed by atoms with Gasteiger partial charge < -0.3 is 4.98 Å². The number of nitriles is 1. The van der Waals surface area contributed by atoms with Gasteiger partial charge in [0.05, 0.1) is 11.6 Å². The SMILES string of the molecule is N#Cc1ccc(Cc2cnc(Cc3ccc(-c4cc(Cl)ccc4Cl)cc3)[nH]2)cc1. The normalized spacial score (nSPS) is 10.7. The lowest BCUT2D eigenvalue weighted by molar-refractivity contribution is 1.000. The average Bonchev–Trinajstić information content (AvgIpc) is 3.18. The molecule has 0 bridgehead atoms. The molecule has 142 valence electrons. The Morgan fingerprint density at radius 1 is 0.862 bits per heavy atom. The molecule has 0 amide bonds. The molecule has 3 nitrogen and oxygen atoms in total. The van der Waals surface area contributed by atoms with Gasteiger partial charge in [0.15, 0.2) is 0 Å². The van der Waals surface area contributed by atoms with Crippen LogP contribution in [-0.4, -0.2) is 9.97 Å². The van der Waals surface area contributed by atoms with Crippen LogP contribution in [0.3, 0.4) is 0 Å². The van der Waals surface area contributed by atoms with Crippen molar-refractivity contribution in [3.63, 3.8) is 0 Å². The van der Waals surface area contributed by atoms with E-state index in [-0.39, 0.29) is 0 Å². The molecule has 3 aromatic carbocycles. The first-order valence-corrected chi connectivity index (χ1v) is 9.92. The number of imidazole rings is 1. The Kier molecular flexibility index (Phi) is 5.67. The summed E-state index contributed by atoms with van der Waals surface area (Å²) in [4.78, 5) is 7.89. The Hall–Kier alpha value is -3.06. The van der Waals surface area contributed by atoms with E-state index in [0.29, 0.717) is 15.6 Å². The van der Waals surface area contributed by atoms with E-state index in [2.05, 4.69) is 28.2 Å². The lowest BCUT2D eigenvalue weighted by Crippen LogP contribution is -1.93. The number of halogens is 2. The number of H-pyrrole nitrogens is 1. The second kappa shape index (κ2) is 8.53. The van der Waals surface area contributed by atoms with E-state index < -0.39 is 0 Å². The number of rotatable bonds is 5. The fraction of sp³-hybridized carbons (Fsp3) is 0.0833. The van der Waals surface area contributed by atoms with E-state index in [1.165, 1.54) is 0 Å². The quantitative estimate of drug-likeness (QED) is 0.406. The van der Waals surface area contributed by atoms with Gasteiger partial charge in [0, 0.05) is 40.3 Å². The van der Waals surface area contributed by atoms with Gasteiger partial charge in [0.1, 0.15) is 5.82 Å². The van der Waals surface area contributed by atoms with Crippen LogP contribution in [0.2, 0.25) is 10.0 Å². The molecule has 0 aliphatic rings. The highest BCUT2D eigenvalue weighted by Gasteiger charge is 2.07. The summed E-state index contributed by atoms with van der Waals surface area (Å²) in [6.45, 7) is 0. The minimum absolute atomic E-state index is 0.666. The molecular formula is C24H17Cl2N3. The fourth-order valence-corrected chi connectivity index (χ4v) is 3.62. The molecule has 1 N–H and O–H groups in total. The van der Waals surface area contributed by atoms with Gasteiger partial charge >= 0.3 is 0 Å². The monoisotopic (exact) mass is 417 g/mol. The Balaban J connectivity index is 1.44. The van der Waals surface area contributed by atoms with Crippen molar-refractivity contribution < 1.29 is 0 Å². The van der Waals surface area contributed by atoms with Gasteiger partial charge in [-0.2, -0.15) is 5.26 Å². The van der Waals surface area contributed by atoms with Crippen LogP contribution in [0.4, 0.5) is 0 Å². The van der Waals surface area contributed by atoms with E-state index in [1.807, 2.05) is 54.7 Å². The van der Waals surface area contributed by atoms with Crippen LogP contribution < -0.4 is 0 Å². The molecule has 29 heavy (non-hydrogen) atoms. The maximum absolute atomic E-state index is 8.89. The van der Waals surface area contributed by atoms with Gasteiger partial charge in [-0.3, -0.25) is 0 Å². The number of hydrogen-bond acceptors (Lipinski definition) is 2. The summed E-state index contributed by atoms with van der Waals surface area (Å²) in [5, 5.41) is 10.2. The first kappa shape index (κ1) is 19.3. The predicted molar refractivity (Wildman–Crippen MR) is 117 cm³/mol. The van der Waals surface area contributed by atoms with E-state index in [9.17, 15) is 0 Å². The van der Waals surface area contributed by atoms with Crippen LogP contribution >= 0.6 is 23.2 Å². The summed E-state index contributed by atoms with van der Waals surface area (Å²) >= 11 is 12.4.